The average molecular weight is 279 g/mol. The SMILES string of the molecule is CSC1CCC(NC2CCc3c(F)cccc32)CC1. The summed E-state index contributed by atoms with van der Waals surface area (Å²) in [5, 5.41) is 4.62. The largest absolute Gasteiger partial charge is 0.307 e. The summed E-state index contributed by atoms with van der Waals surface area (Å²) in [6.07, 6.45) is 9.34. The van der Waals surface area contributed by atoms with Gasteiger partial charge in [0.1, 0.15) is 5.82 Å². The van der Waals surface area contributed by atoms with Gasteiger partial charge in [-0.25, -0.2) is 4.39 Å². The number of thioether (sulfide) groups is 1. The third-order valence-electron chi connectivity index (χ3n) is 4.66. The van der Waals surface area contributed by atoms with Crippen LogP contribution in [0.1, 0.15) is 49.3 Å². The topological polar surface area (TPSA) is 12.0 Å². The van der Waals surface area contributed by atoms with Crippen LogP contribution in [0.5, 0.6) is 0 Å². The van der Waals surface area contributed by atoms with Gasteiger partial charge in [0.2, 0.25) is 0 Å². The molecule has 1 saturated carbocycles. The number of rotatable bonds is 3. The summed E-state index contributed by atoms with van der Waals surface area (Å²) < 4.78 is 13.7. The van der Waals surface area contributed by atoms with Gasteiger partial charge in [0, 0.05) is 17.3 Å². The van der Waals surface area contributed by atoms with Crippen molar-refractivity contribution in [3.63, 3.8) is 0 Å². The number of benzene rings is 1. The Morgan fingerprint density at radius 1 is 1.16 bits per heavy atom. The molecule has 1 atom stereocenters. The summed E-state index contributed by atoms with van der Waals surface area (Å²) in [5.74, 6) is -0.0205. The quantitative estimate of drug-likeness (QED) is 0.895. The number of nitrogens with one attached hydrogen (secondary N) is 1. The molecule has 2 aliphatic rings. The molecule has 1 fully saturated rings. The van der Waals surface area contributed by atoms with Crippen LogP contribution in [0.3, 0.4) is 0 Å². The monoisotopic (exact) mass is 279 g/mol. The molecule has 104 valence electrons. The van der Waals surface area contributed by atoms with Gasteiger partial charge in [-0.05, 0) is 62.0 Å². The van der Waals surface area contributed by atoms with Gasteiger partial charge in [-0.2, -0.15) is 11.8 Å². The lowest BCUT2D eigenvalue weighted by Crippen LogP contribution is -2.35. The van der Waals surface area contributed by atoms with Gasteiger partial charge >= 0.3 is 0 Å². The molecule has 2 aliphatic carbocycles. The van der Waals surface area contributed by atoms with Crippen molar-refractivity contribution in [2.75, 3.05) is 6.26 Å². The van der Waals surface area contributed by atoms with E-state index in [0.717, 1.165) is 23.7 Å². The Morgan fingerprint density at radius 3 is 2.68 bits per heavy atom. The molecule has 1 N–H and O–H groups in total. The third-order valence-corrected chi connectivity index (χ3v) is 5.80. The fourth-order valence-electron chi connectivity index (χ4n) is 3.53. The molecule has 3 heteroatoms. The molecule has 0 aromatic heterocycles. The summed E-state index contributed by atoms with van der Waals surface area (Å²) in [6, 6.07) is 6.53. The van der Waals surface area contributed by atoms with Crippen molar-refractivity contribution < 1.29 is 4.39 Å². The number of hydrogen-bond donors (Lipinski definition) is 1. The molecule has 0 spiro atoms. The lowest BCUT2D eigenvalue weighted by atomic mass is 9.93. The molecule has 19 heavy (non-hydrogen) atoms. The first-order valence-corrected chi connectivity index (χ1v) is 8.63. The maximum atomic E-state index is 13.7. The molecule has 0 saturated heterocycles. The van der Waals surface area contributed by atoms with Gasteiger partial charge in [-0.3, -0.25) is 0 Å². The van der Waals surface area contributed by atoms with E-state index in [1.54, 1.807) is 6.07 Å². The minimum Gasteiger partial charge on any atom is -0.307 e. The summed E-state index contributed by atoms with van der Waals surface area (Å²) >= 11 is 2.00. The Morgan fingerprint density at radius 2 is 1.95 bits per heavy atom. The highest BCUT2D eigenvalue weighted by Crippen LogP contribution is 2.35. The van der Waals surface area contributed by atoms with Crippen molar-refractivity contribution in [2.45, 2.75) is 55.9 Å². The van der Waals surface area contributed by atoms with Crippen LogP contribution in [0, 0.1) is 5.82 Å². The summed E-state index contributed by atoms with van der Waals surface area (Å²) in [7, 11) is 0. The standard InChI is InChI=1S/C16H22FNS/c1-19-12-7-5-11(6-8-12)18-16-10-9-13-14(16)3-2-4-15(13)17/h2-4,11-12,16,18H,5-10H2,1H3. The second kappa shape index (κ2) is 5.84. The molecule has 1 aromatic rings. The van der Waals surface area contributed by atoms with Crippen molar-refractivity contribution in [2.24, 2.45) is 0 Å². The fourth-order valence-corrected chi connectivity index (χ4v) is 4.28. The first-order chi connectivity index (χ1) is 9.28. The van der Waals surface area contributed by atoms with E-state index in [0.29, 0.717) is 12.1 Å². The lowest BCUT2D eigenvalue weighted by molar-refractivity contribution is 0.342. The third kappa shape index (κ3) is 2.82. The fraction of sp³-hybridized carbons (Fsp3) is 0.625. The summed E-state index contributed by atoms with van der Waals surface area (Å²) in [4.78, 5) is 0. The maximum Gasteiger partial charge on any atom is 0.126 e. The predicted octanol–water partition coefficient (Wildman–Crippen LogP) is 4.08. The molecule has 1 nitrogen and oxygen atoms in total. The van der Waals surface area contributed by atoms with Crippen LogP contribution in [0.4, 0.5) is 4.39 Å². The second-order valence-electron chi connectivity index (χ2n) is 5.77. The normalized spacial score (nSPS) is 30.3. The van der Waals surface area contributed by atoms with Gasteiger partial charge in [0.25, 0.3) is 0 Å². The first-order valence-electron chi connectivity index (χ1n) is 7.34. The smallest absolute Gasteiger partial charge is 0.126 e. The van der Waals surface area contributed by atoms with E-state index in [4.69, 9.17) is 0 Å². The first kappa shape index (κ1) is 13.4. The zero-order valence-electron chi connectivity index (χ0n) is 11.5. The van der Waals surface area contributed by atoms with Crippen LogP contribution in [0.2, 0.25) is 0 Å². The van der Waals surface area contributed by atoms with Crippen LogP contribution >= 0.6 is 11.8 Å². The van der Waals surface area contributed by atoms with Crippen LogP contribution in [0.15, 0.2) is 18.2 Å². The van der Waals surface area contributed by atoms with E-state index in [1.807, 2.05) is 17.8 Å². The zero-order chi connectivity index (χ0) is 13.2. The summed E-state index contributed by atoms with van der Waals surface area (Å²) in [6.45, 7) is 0. The molecular formula is C16H22FNS. The highest BCUT2D eigenvalue weighted by Gasteiger charge is 2.28. The number of hydrogen-bond acceptors (Lipinski definition) is 2. The molecular weight excluding hydrogens is 257 g/mol. The zero-order valence-corrected chi connectivity index (χ0v) is 12.3. The lowest BCUT2D eigenvalue weighted by Gasteiger charge is -2.30. The Kier molecular flexibility index (Phi) is 4.13. The Balaban J connectivity index is 1.63. The van der Waals surface area contributed by atoms with Crippen LogP contribution in [0.25, 0.3) is 0 Å². The van der Waals surface area contributed by atoms with Crippen molar-refractivity contribution >= 4 is 11.8 Å². The maximum absolute atomic E-state index is 13.7. The van der Waals surface area contributed by atoms with Crippen molar-refractivity contribution in [3.8, 4) is 0 Å². The molecule has 1 unspecified atom stereocenters. The second-order valence-corrected chi connectivity index (χ2v) is 6.91. The van der Waals surface area contributed by atoms with Crippen LogP contribution < -0.4 is 5.32 Å². The Bertz CT molecular complexity index is 440. The minimum atomic E-state index is -0.0205. The molecule has 0 heterocycles. The molecule has 1 aromatic carbocycles. The molecule has 0 radical (unpaired) electrons. The number of halogens is 1. The molecule has 3 rings (SSSR count). The van der Waals surface area contributed by atoms with E-state index in [9.17, 15) is 4.39 Å². The van der Waals surface area contributed by atoms with Gasteiger partial charge in [0.15, 0.2) is 0 Å². The van der Waals surface area contributed by atoms with Crippen molar-refractivity contribution in [1.82, 2.24) is 5.32 Å². The average Bonchev–Trinajstić information content (AvgIpc) is 2.84. The van der Waals surface area contributed by atoms with Crippen molar-refractivity contribution in [3.05, 3.63) is 35.1 Å². The van der Waals surface area contributed by atoms with E-state index in [1.165, 1.54) is 31.2 Å². The van der Waals surface area contributed by atoms with Gasteiger partial charge in [-0.1, -0.05) is 12.1 Å². The minimum absolute atomic E-state index is 0.0205. The van der Waals surface area contributed by atoms with E-state index in [2.05, 4.69) is 17.6 Å². The van der Waals surface area contributed by atoms with Crippen LogP contribution in [-0.4, -0.2) is 17.5 Å². The molecule has 0 aliphatic heterocycles. The van der Waals surface area contributed by atoms with E-state index in [-0.39, 0.29) is 5.82 Å². The van der Waals surface area contributed by atoms with Gasteiger partial charge < -0.3 is 5.32 Å². The van der Waals surface area contributed by atoms with Crippen molar-refractivity contribution in [1.29, 1.82) is 0 Å². The molecule has 0 amide bonds. The summed E-state index contributed by atoms with van der Waals surface area (Å²) in [5.41, 5.74) is 2.14. The Hall–Kier alpha value is -0.540. The highest BCUT2D eigenvalue weighted by molar-refractivity contribution is 7.99. The highest BCUT2D eigenvalue weighted by atomic mass is 32.2. The van der Waals surface area contributed by atoms with E-state index < -0.39 is 0 Å². The number of fused-ring (bicyclic) bond motifs is 1. The van der Waals surface area contributed by atoms with E-state index >= 15 is 0 Å². The molecule has 0 bridgehead atoms. The predicted molar refractivity (Wildman–Crippen MR) is 80.2 cm³/mol. The van der Waals surface area contributed by atoms with Gasteiger partial charge in [-0.15, -0.1) is 0 Å². The Labute approximate surface area is 119 Å². The van der Waals surface area contributed by atoms with Gasteiger partial charge in [0.05, 0.1) is 0 Å². The van der Waals surface area contributed by atoms with Crippen LogP contribution in [-0.2, 0) is 6.42 Å².